The van der Waals surface area contributed by atoms with Gasteiger partial charge in [0.1, 0.15) is 5.75 Å². The SMILES string of the molecule is CCOc1ccc(C2=CC(N)CC2)cc1. The lowest BCUT2D eigenvalue weighted by atomic mass is 10.1. The number of rotatable bonds is 3. The molecule has 0 heterocycles. The standard InChI is InChI=1S/C13H17NO/c1-2-15-13-7-4-10(5-8-13)11-3-6-12(14)9-11/h4-5,7-9,12H,2-3,6,14H2,1H3. The van der Waals surface area contributed by atoms with Crippen LogP contribution in [0.3, 0.4) is 0 Å². The van der Waals surface area contributed by atoms with Gasteiger partial charge < -0.3 is 10.5 Å². The third kappa shape index (κ3) is 2.39. The van der Waals surface area contributed by atoms with Crippen molar-refractivity contribution in [3.63, 3.8) is 0 Å². The van der Waals surface area contributed by atoms with E-state index in [1.807, 2.05) is 19.1 Å². The molecule has 0 fully saturated rings. The molecule has 1 aliphatic rings. The lowest BCUT2D eigenvalue weighted by Crippen LogP contribution is -2.11. The van der Waals surface area contributed by atoms with E-state index < -0.39 is 0 Å². The first kappa shape index (κ1) is 10.2. The Bertz CT molecular complexity index is 353. The van der Waals surface area contributed by atoms with Crippen LogP contribution in [0.1, 0.15) is 25.3 Å². The number of ether oxygens (including phenoxy) is 1. The van der Waals surface area contributed by atoms with Crippen molar-refractivity contribution in [2.24, 2.45) is 5.73 Å². The summed E-state index contributed by atoms with van der Waals surface area (Å²) in [6.45, 7) is 2.71. The zero-order valence-electron chi connectivity index (χ0n) is 9.07. The maximum atomic E-state index is 5.84. The lowest BCUT2D eigenvalue weighted by molar-refractivity contribution is 0.340. The third-order valence-electron chi connectivity index (χ3n) is 2.70. The third-order valence-corrected chi connectivity index (χ3v) is 2.70. The molecule has 2 heteroatoms. The maximum Gasteiger partial charge on any atom is 0.119 e. The van der Waals surface area contributed by atoms with Gasteiger partial charge in [-0.2, -0.15) is 0 Å². The van der Waals surface area contributed by atoms with Crippen LogP contribution in [0, 0.1) is 0 Å². The molecule has 1 aromatic rings. The quantitative estimate of drug-likeness (QED) is 0.819. The fourth-order valence-corrected chi connectivity index (χ4v) is 1.92. The zero-order valence-corrected chi connectivity index (χ0v) is 9.07. The molecule has 2 N–H and O–H groups in total. The fraction of sp³-hybridized carbons (Fsp3) is 0.385. The highest BCUT2D eigenvalue weighted by molar-refractivity contribution is 5.68. The molecule has 0 amide bonds. The summed E-state index contributed by atoms with van der Waals surface area (Å²) in [5, 5.41) is 0. The van der Waals surface area contributed by atoms with Gasteiger partial charge in [0.15, 0.2) is 0 Å². The monoisotopic (exact) mass is 203 g/mol. The van der Waals surface area contributed by atoms with Crippen LogP contribution in [0.25, 0.3) is 5.57 Å². The van der Waals surface area contributed by atoms with Gasteiger partial charge in [0.25, 0.3) is 0 Å². The van der Waals surface area contributed by atoms with Crippen molar-refractivity contribution in [1.29, 1.82) is 0 Å². The predicted molar refractivity (Wildman–Crippen MR) is 62.8 cm³/mol. The van der Waals surface area contributed by atoms with E-state index in [2.05, 4.69) is 18.2 Å². The molecule has 0 aliphatic heterocycles. The highest BCUT2D eigenvalue weighted by atomic mass is 16.5. The van der Waals surface area contributed by atoms with Crippen LogP contribution in [0.5, 0.6) is 5.75 Å². The van der Waals surface area contributed by atoms with Crippen molar-refractivity contribution in [1.82, 2.24) is 0 Å². The molecule has 0 bridgehead atoms. The summed E-state index contributed by atoms with van der Waals surface area (Å²) in [4.78, 5) is 0. The van der Waals surface area contributed by atoms with Crippen LogP contribution in [-0.2, 0) is 0 Å². The first-order valence-electron chi connectivity index (χ1n) is 5.49. The number of hydrogen-bond acceptors (Lipinski definition) is 2. The first-order valence-corrected chi connectivity index (χ1v) is 5.49. The summed E-state index contributed by atoms with van der Waals surface area (Å²) < 4.78 is 5.40. The lowest BCUT2D eigenvalue weighted by Gasteiger charge is -2.05. The van der Waals surface area contributed by atoms with Gasteiger partial charge in [-0.05, 0) is 43.0 Å². The van der Waals surface area contributed by atoms with Crippen molar-refractivity contribution in [2.75, 3.05) is 6.61 Å². The van der Waals surface area contributed by atoms with Gasteiger partial charge in [0, 0.05) is 6.04 Å². The van der Waals surface area contributed by atoms with Crippen LogP contribution in [-0.4, -0.2) is 12.6 Å². The highest BCUT2D eigenvalue weighted by Gasteiger charge is 2.12. The van der Waals surface area contributed by atoms with Gasteiger partial charge in [-0.25, -0.2) is 0 Å². The minimum absolute atomic E-state index is 0.242. The van der Waals surface area contributed by atoms with Crippen LogP contribution in [0.2, 0.25) is 0 Å². The number of allylic oxidation sites excluding steroid dienone is 1. The molecule has 0 radical (unpaired) electrons. The smallest absolute Gasteiger partial charge is 0.119 e. The van der Waals surface area contributed by atoms with Gasteiger partial charge in [0.2, 0.25) is 0 Å². The molecular formula is C13H17NO. The van der Waals surface area contributed by atoms with Crippen molar-refractivity contribution in [3.8, 4) is 5.75 Å². The molecule has 2 nitrogen and oxygen atoms in total. The summed E-state index contributed by atoms with van der Waals surface area (Å²) in [6, 6.07) is 8.49. The molecule has 15 heavy (non-hydrogen) atoms. The second-order valence-corrected chi connectivity index (χ2v) is 3.85. The Hall–Kier alpha value is -1.28. The maximum absolute atomic E-state index is 5.84. The second-order valence-electron chi connectivity index (χ2n) is 3.85. The van der Waals surface area contributed by atoms with Crippen molar-refractivity contribution in [2.45, 2.75) is 25.8 Å². The van der Waals surface area contributed by atoms with E-state index >= 15 is 0 Å². The minimum atomic E-state index is 0.242. The van der Waals surface area contributed by atoms with E-state index in [1.165, 1.54) is 11.1 Å². The van der Waals surface area contributed by atoms with Crippen molar-refractivity contribution >= 4 is 5.57 Å². The highest BCUT2D eigenvalue weighted by Crippen LogP contribution is 2.28. The van der Waals surface area contributed by atoms with E-state index in [-0.39, 0.29) is 6.04 Å². The molecule has 0 aromatic heterocycles. The molecule has 2 rings (SSSR count). The molecule has 0 saturated carbocycles. The average molecular weight is 203 g/mol. The van der Waals surface area contributed by atoms with Crippen LogP contribution < -0.4 is 10.5 Å². The van der Waals surface area contributed by atoms with Gasteiger partial charge >= 0.3 is 0 Å². The van der Waals surface area contributed by atoms with Crippen LogP contribution in [0.15, 0.2) is 30.3 Å². The molecule has 1 aromatic carbocycles. The van der Waals surface area contributed by atoms with Crippen LogP contribution in [0.4, 0.5) is 0 Å². The summed E-state index contributed by atoms with van der Waals surface area (Å²) in [5.41, 5.74) is 8.48. The van der Waals surface area contributed by atoms with E-state index in [4.69, 9.17) is 10.5 Å². The Morgan fingerprint density at radius 2 is 2.07 bits per heavy atom. The molecule has 1 atom stereocenters. The largest absolute Gasteiger partial charge is 0.494 e. The molecule has 0 saturated heterocycles. The molecule has 1 unspecified atom stereocenters. The van der Waals surface area contributed by atoms with E-state index in [0.29, 0.717) is 6.61 Å². The number of benzene rings is 1. The van der Waals surface area contributed by atoms with E-state index in [1.54, 1.807) is 0 Å². The van der Waals surface area contributed by atoms with E-state index in [9.17, 15) is 0 Å². The minimum Gasteiger partial charge on any atom is -0.494 e. The van der Waals surface area contributed by atoms with Crippen LogP contribution >= 0.6 is 0 Å². The Labute approximate surface area is 90.7 Å². The van der Waals surface area contributed by atoms with Gasteiger partial charge in [-0.15, -0.1) is 0 Å². The summed E-state index contributed by atoms with van der Waals surface area (Å²) in [7, 11) is 0. The van der Waals surface area contributed by atoms with Crippen molar-refractivity contribution < 1.29 is 4.74 Å². The molecule has 1 aliphatic carbocycles. The average Bonchev–Trinajstić information content (AvgIpc) is 2.67. The normalized spacial score (nSPS) is 20.1. The summed E-state index contributed by atoms with van der Waals surface area (Å²) >= 11 is 0. The fourth-order valence-electron chi connectivity index (χ4n) is 1.92. The zero-order chi connectivity index (χ0) is 10.7. The molecule has 80 valence electrons. The topological polar surface area (TPSA) is 35.2 Å². The van der Waals surface area contributed by atoms with E-state index in [0.717, 1.165) is 18.6 Å². The Morgan fingerprint density at radius 3 is 2.60 bits per heavy atom. The van der Waals surface area contributed by atoms with Gasteiger partial charge in [-0.3, -0.25) is 0 Å². The Morgan fingerprint density at radius 1 is 1.33 bits per heavy atom. The van der Waals surface area contributed by atoms with Crippen molar-refractivity contribution in [3.05, 3.63) is 35.9 Å². The molecular weight excluding hydrogens is 186 g/mol. The molecule has 0 spiro atoms. The first-order chi connectivity index (χ1) is 7.29. The Kier molecular flexibility index (Phi) is 3.07. The Balaban J connectivity index is 2.13. The number of nitrogens with two attached hydrogens (primary N) is 1. The number of hydrogen-bond donors (Lipinski definition) is 1. The summed E-state index contributed by atoms with van der Waals surface area (Å²) in [6.07, 6.45) is 4.33. The predicted octanol–water partition coefficient (Wildman–Crippen LogP) is 2.59. The van der Waals surface area contributed by atoms with Gasteiger partial charge in [-0.1, -0.05) is 18.2 Å². The van der Waals surface area contributed by atoms with Gasteiger partial charge in [0.05, 0.1) is 6.61 Å². The second kappa shape index (κ2) is 4.49. The summed E-state index contributed by atoms with van der Waals surface area (Å²) in [5.74, 6) is 0.934.